The summed E-state index contributed by atoms with van der Waals surface area (Å²) < 4.78 is 26.1. The van der Waals surface area contributed by atoms with Gasteiger partial charge in [0.15, 0.2) is 0 Å². The first-order valence-corrected chi connectivity index (χ1v) is 6.11. The molecule has 5 heteroatoms. The van der Waals surface area contributed by atoms with Gasteiger partial charge in [0, 0.05) is 5.56 Å². The Kier molecular flexibility index (Phi) is 3.12. The molecule has 3 nitrogen and oxygen atoms in total. The molecule has 102 valence electrons. The van der Waals surface area contributed by atoms with Crippen LogP contribution >= 0.6 is 0 Å². The lowest BCUT2D eigenvalue weighted by Crippen LogP contribution is -2.26. The second-order valence-corrected chi connectivity index (χ2v) is 4.54. The van der Waals surface area contributed by atoms with Crippen molar-refractivity contribution >= 4 is 5.70 Å². The molecule has 0 fully saturated rings. The molecule has 3 rings (SSSR count). The number of halogens is 2. The number of hydrogen-bond donors (Lipinski definition) is 3. The van der Waals surface area contributed by atoms with E-state index in [0.717, 1.165) is 5.56 Å². The summed E-state index contributed by atoms with van der Waals surface area (Å²) in [5, 5.41) is 9.76. The predicted molar refractivity (Wildman–Crippen MR) is 71.5 cm³/mol. The molecule has 3 N–H and O–H groups in total. The maximum atomic E-state index is 13.2. The summed E-state index contributed by atoms with van der Waals surface area (Å²) in [6.45, 7) is 0. The highest BCUT2D eigenvalue weighted by molar-refractivity contribution is 5.70. The SMILES string of the molecule is Oc1ccc(F)cc1C1=CC(c2ccc(F)cc2)NN1. The monoisotopic (exact) mass is 274 g/mol. The highest BCUT2D eigenvalue weighted by Gasteiger charge is 2.19. The van der Waals surface area contributed by atoms with E-state index in [4.69, 9.17) is 0 Å². The van der Waals surface area contributed by atoms with E-state index < -0.39 is 5.82 Å². The van der Waals surface area contributed by atoms with Crippen LogP contribution in [0.25, 0.3) is 5.70 Å². The number of phenols is 1. The summed E-state index contributed by atoms with van der Waals surface area (Å²) in [5.41, 5.74) is 7.71. The molecule has 0 aliphatic carbocycles. The number of phenolic OH excluding ortho intramolecular Hbond substituents is 1. The number of nitrogens with one attached hydrogen (secondary N) is 2. The Bertz CT molecular complexity index is 668. The van der Waals surface area contributed by atoms with E-state index in [-0.39, 0.29) is 17.6 Å². The van der Waals surface area contributed by atoms with E-state index in [9.17, 15) is 13.9 Å². The first-order valence-electron chi connectivity index (χ1n) is 6.11. The summed E-state index contributed by atoms with van der Waals surface area (Å²) in [7, 11) is 0. The number of hydrogen-bond acceptors (Lipinski definition) is 3. The van der Waals surface area contributed by atoms with Crippen LogP contribution in [0.15, 0.2) is 48.5 Å². The standard InChI is InChI=1S/C15H12F2N2O/c16-10-3-1-9(2-4-10)13-8-14(19-18-13)12-7-11(17)5-6-15(12)20/h1-8,13,18-20H. The summed E-state index contributed by atoms with van der Waals surface area (Å²) in [4.78, 5) is 0. The quantitative estimate of drug-likeness (QED) is 0.789. The molecule has 2 aromatic rings. The van der Waals surface area contributed by atoms with Gasteiger partial charge in [-0.1, -0.05) is 12.1 Å². The normalized spacial score (nSPS) is 17.7. The average molecular weight is 274 g/mol. The van der Waals surface area contributed by atoms with Gasteiger partial charge in [-0.05, 0) is 42.0 Å². The molecule has 2 aromatic carbocycles. The van der Waals surface area contributed by atoms with Crippen molar-refractivity contribution in [3.63, 3.8) is 0 Å². The van der Waals surface area contributed by atoms with Gasteiger partial charge < -0.3 is 10.5 Å². The molecule has 1 unspecified atom stereocenters. The minimum Gasteiger partial charge on any atom is -0.507 e. The molecule has 0 saturated heterocycles. The third kappa shape index (κ3) is 2.35. The Hall–Kier alpha value is -2.40. The van der Waals surface area contributed by atoms with Crippen molar-refractivity contribution in [1.82, 2.24) is 10.9 Å². The first kappa shape index (κ1) is 12.6. The van der Waals surface area contributed by atoms with Gasteiger partial charge in [-0.25, -0.2) is 14.2 Å². The number of aromatic hydroxyl groups is 1. The Morgan fingerprint density at radius 2 is 1.65 bits per heavy atom. The predicted octanol–water partition coefficient (Wildman–Crippen LogP) is 2.86. The topological polar surface area (TPSA) is 44.3 Å². The van der Waals surface area contributed by atoms with E-state index in [1.54, 1.807) is 12.1 Å². The molecule has 20 heavy (non-hydrogen) atoms. The smallest absolute Gasteiger partial charge is 0.125 e. The van der Waals surface area contributed by atoms with Crippen LogP contribution in [0.3, 0.4) is 0 Å². The van der Waals surface area contributed by atoms with Crippen molar-refractivity contribution in [2.24, 2.45) is 0 Å². The lowest BCUT2D eigenvalue weighted by Gasteiger charge is -2.09. The third-order valence-electron chi connectivity index (χ3n) is 3.17. The number of hydrazine groups is 1. The van der Waals surface area contributed by atoms with Crippen LogP contribution < -0.4 is 10.9 Å². The van der Waals surface area contributed by atoms with Crippen molar-refractivity contribution in [2.45, 2.75) is 6.04 Å². The lowest BCUT2D eigenvalue weighted by molar-refractivity contribution is 0.470. The van der Waals surface area contributed by atoms with Crippen LogP contribution in [0.5, 0.6) is 5.75 Å². The minimum atomic E-state index is -0.425. The fourth-order valence-electron chi connectivity index (χ4n) is 2.14. The third-order valence-corrected chi connectivity index (χ3v) is 3.17. The van der Waals surface area contributed by atoms with Crippen LogP contribution in [0.1, 0.15) is 17.2 Å². The molecule has 0 saturated carbocycles. The maximum Gasteiger partial charge on any atom is 0.125 e. The van der Waals surface area contributed by atoms with Gasteiger partial charge >= 0.3 is 0 Å². The van der Waals surface area contributed by atoms with Crippen LogP contribution in [-0.2, 0) is 0 Å². The van der Waals surface area contributed by atoms with E-state index in [1.165, 1.54) is 30.3 Å². The Morgan fingerprint density at radius 3 is 2.40 bits per heavy atom. The summed E-state index contributed by atoms with van der Waals surface area (Å²) in [5.74, 6) is -0.732. The van der Waals surface area contributed by atoms with E-state index in [2.05, 4.69) is 10.9 Å². The van der Waals surface area contributed by atoms with Gasteiger partial charge in [-0.15, -0.1) is 0 Å². The summed E-state index contributed by atoms with van der Waals surface area (Å²) in [6, 6.07) is 9.67. The Labute approximate surface area is 114 Å². The van der Waals surface area contributed by atoms with Gasteiger partial charge in [0.25, 0.3) is 0 Å². The number of benzene rings is 2. The molecule has 1 atom stereocenters. The molecule has 1 aliphatic heterocycles. The second-order valence-electron chi connectivity index (χ2n) is 4.54. The zero-order valence-corrected chi connectivity index (χ0v) is 10.4. The van der Waals surface area contributed by atoms with Crippen LogP contribution in [0.2, 0.25) is 0 Å². The van der Waals surface area contributed by atoms with Gasteiger partial charge in [0.1, 0.15) is 17.4 Å². The fraction of sp³-hybridized carbons (Fsp3) is 0.0667. The van der Waals surface area contributed by atoms with E-state index >= 15 is 0 Å². The molecule has 0 radical (unpaired) electrons. The van der Waals surface area contributed by atoms with Crippen LogP contribution in [0, 0.1) is 11.6 Å². The van der Waals surface area contributed by atoms with Gasteiger partial charge in [0.05, 0.1) is 11.7 Å². The van der Waals surface area contributed by atoms with Crippen molar-refractivity contribution in [3.05, 3.63) is 71.3 Å². The Morgan fingerprint density at radius 1 is 0.950 bits per heavy atom. The lowest BCUT2D eigenvalue weighted by atomic mass is 10.0. The van der Waals surface area contributed by atoms with Crippen LogP contribution in [0.4, 0.5) is 8.78 Å². The highest BCUT2D eigenvalue weighted by Crippen LogP contribution is 2.29. The largest absolute Gasteiger partial charge is 0.507 e. The zero-order chi connectivity index (χ0) is 14.1. The van der Waals surface area contributed by atoms with Crippen molar-refractivity contribution in [3.8, 4) is 5.75 Å². The molecule has 0 bridgehead atoms. The van der Waals surface area contributed by atoms with E-state index in [1.807, 2.05) is 6.08 Å². The maximum absolute atomic E-state index is 13.2. The molecule has 0 aromatic heterocycles. The molecule has 0 amide bonds. The molecule has 0 spiro atoms. The molecular formula is C15H12F2N2O. The average Bonchev–Trinajstić information content (AvgIpc) is 2.92. The van der Waals surface area contributed by atoms with Gasteiger partial charge in [0.2, 0.25) is 0 Å². The molecule has 1 heterocycles. The zero-order valence-electron chi connectivity index (χ0n) is 10.4. The minimum absolute atomic E-state index is 0.00768. The van der Waals surface area contributed by atoms with Crippen molar-refractivity contribution in [2.75, 3.05) is 0 Å². The molecule has 1 aliphatic rings. The Balaban J connectivity index is 1.91. The van der Waals surface area contributed by atoms with Crippen molar-refractivity contribution in [1.29, 1.82) is 0 Å². The highest BCUT2D eigenvalue weighted by atomic mass is 19.1. The van der Waals surface area contributed by atoms with Gasteiger partial charge in [-0.2, -0.15) is 0 Å². The fourth-order valence-corrected chi connectivity index (χ4v) is 2.14. The number of rotatable bonds is 2. The van der Waals surface area contributed by atoms with Gasteiger partial charge in [-0.3, -0.25) is 0 Å². The van der Waals surface area contributed by atoms with E-state index in [0.29, 0.717) is 11.3 Å². The summed E-state index contributed by atoms with van der Waals surface area (Å²) in [6.07, 6.45) is 1.81. The van der Waals surface area contributed by atoms with Crippen LogP contribution in [-0.4, -0.2) is 5.11 Å². The van der Waals surface area contributed by atoms with Crippen molar-refractivity contribution < 1.29 is 13.9 Å². The second kappa shape index (κ2) is 4.94. The first-order chi connectivity index (χ1) is 9.63. The molecular weight excluding hydrogens is 262 g/mol. The summed E-state index contributed by atoms with van der Waals surface area (Å²) >= 11 is 0.